The Morgan fingerprint density at radius 3 is 2.38 bits per heavy atom. The van der Waals surface area contributed by atoms with Gasteiger partial charge in [0.15, 0.2) is 0 Å². The van der Waals surface area contributed by atoms with Gasteiger partial charge in [-0.25, -0.2) is 10.2 Å². The molecule has 1 atom stereocenters. The molecule has 152 valence electrons. The van der Waals surface area contributed by atoms with Gasteiger partial charge < -0.3 is 14.8 Å². The van der Waals surface area contributed by atoms with Gasteiger partial charge in [-0.1, -0.05) is 30.3 Å². The molecule has 8 heteroatoms. The first-order valence-corrected chi connectivity index (χ1v) is 9.06. The molecule has 29 heavy (non-hydrogen) atoms. The van der Waals surface area contributed by atoms with E-state index < -0.39 is 18.1 Å². The van der Waals surface area contributed by atoms with Gasteiger partial charge in [-0.15, -0.1) is 0 Å². The average Bonchev–Trinajstić information content (AvgIpc) is 2.69. The molecule has 0 heterocycles. The molecule has 8 nitrogen and oxygen atoms in total. The van der Waals surface area contributed by atoms with Crippen LogP contribution in [0.1, 0.15) is 37.4 Å². The van der Waals surface area contributed by atoms with Crippen LogP contribution < -0.4 is 15.5 Å². The van der Waals surface area contributed by atoms with Gasteiger partial charge in [0.1, 0.15) is 5.75 Å². The standard InChI is InChI=1S/C21H23N3O5/c1-3-28-21(27)23-19(17-7-5-4-6-8-17)13-20(26)24-22-14-16-9-11-18(12-10-16)29-15(2)25/h4-12,14,19H,3,13H2,1-2H3,(H,23,27)(H,24,26)/b22-14-/t19-/m0/s1. The van der Waals surface area contributed by atoms with Crippen LogP contribution in [0.4, 0.5) is 4.79 Å². The summed E-state index contributed by atoms with van der Waals surface area (Å²) in [7, 11) is 0. The molecule has 0 bridgehead atoms. The van der Waals surface area contributed by atoms with Crippen LogP contribution in [0.5, 0.6) is 5.75 Å². The number of amides is 2. The van der Waals surface area contributed by atoms with Crippen LogP contribution in [0.15, 0.2) is 59.7 Å². The van der Waals surface area contributed by atoms with Crippen molar-refractivity contribution >= 4 is 24.2 Å². The van der Waals surface area contributed by atoms with Gasteiger partial charge in [0.25, 0.3) is 0 Å². The fourth-order valence-corrected chi connectivity index (χ4v) is 2.45. The lowest BCUT2D eigenvalue weighted by molar-refractivity contribution is -0.131. The largest absolute Gasteiger partial charge is 0.450 e. The Bertz CT molecular complexity index is 850. The highest BCUT2D eigenvalue weighted by molar-refractivity contribution is 5.83. The van der Waals surface area contributed by atoms with E-state index in [1.165, 1.54) is 13.1 Å². The number of benzene rings is 2. The summed E-state index contributed by atoms with van der Waals surface area (Å²) in [6.07, 6.45) is 0.864. The Morgan fingerprint density at radius 1 is 1.07 bits per heavy atom. The Hall–Kier alpha value is -3.68. The van der Waals surface area contributed by atoms with E-state index in [1.54, 1.807) is 31.2 Å². The van der Waals surface area contributed by atoms with Gasteiger partial charge >= 0.3 is 12.1 Å². The average molecular weight is 397 g/mol. The molecular formula is C21H23N3O5. The number of hydrogen-bond donors (Lipinski definition) is 2. The predicted octanol–water partition coefficient (Wildman–Crippen LogP) is 2.94. The summed E-state index contributed by atoms with van der Waals surface area (Å²) in [6, 6.07) is 15.2. The van der Waals surface area contributed by atoms with Gasteiger partial charge in [0, 0.05) is 6.92 Å². The van der Waals surface area contributed by atoms with E-state index in [2.05, 4.69) is 15.8 Å². The van der Waals surface area contributed by atoms with Gasteiger partial charge in [0.05, 0.1) is 25.3 Å². The van der Waals surface area contributed by atoms with Crippen LogP contribution in [-0.4, -0.2) is 30.8 Å². The van der Waals surface area contributed by atoms with E-state index in [1.807, 2.05) is 30.3 Å². The minimum atomic E-state index is -0.592. The SMILES string of the molecule is CCOC(=O)N[C@@H](CC(=O)N/N=C\c1ccc(OC(C)=O)cc1)c1ccccc1. The minimum Gasteiger partial charge on any atom is -0.450 e. The smallest absolute Gasteiger partial charge is 0.407 e. The second-order valence-electron chi connectivity index (χ2n) is 5.99. The van der Waals surface area contributed by atoms with Crippen LogP contribution in [0.25, 0.3) is 0 Å². The van der Waals surface area contributed by atoms with Crippen molar-refractivity contribution in [3.63, 3.8) is 0 Å². The first kappa shape index (κ1) is 21.6. The molecular weight excluding hydrogens is 374 g/mol. The van der Waals surface area contributed by atoms with Crippen molar-refractivity contribution in [3.05, 3.63) is 65.7 Å². The maximum Gasteiger partial charge on any atom is 0.407 e. The molecule has 0 aliphatic carbocycles. The second-order valence-corrected chi connectivity index (χ2v) is 5.99. The van der Waals surface area contributed by atoms with Crippen LogP contribution >= 0.6 is 0 Å². The van der Waals surface area contributed by atoms with Crippen LogP contribution in [0, 0.1) is 0 Å². The van der Waals surface area contributed by atoms with Crippen LogP contribution in [-0.2, 0) is 14.3 Å². The third kappa shape index (κ3) is 7.84. The van der Waals surface area contributed by atoms with Crippen molar-refractivity contribution in [2.75, 3.05) is 6.61 Å². The lowest BCUT2D eigenvalue weighted by atomic mass is 10.0. The zero-order chi connectivity index (χ0) is 21.1. The normalized spacial score (nSPS) is 11.5. The molecule has 0 saturated heterocycles. The van der Waals surface area contributed by atoms with E-state index >= 15 is 0 Å². The topological polar surface area (TPSA) is 106 Å². The monoisotopic (exact) mass is 397 g/mol. The van der Waals surface area contributed by atoms with Crippen molar-refractivity contribution in [2.24, 2.45) is 5.10 Å². The van der Waals surface area contributed by atoms with Crippen molar-refractivity contribution in [1.82, 2.24) is 10.7 Å². The molecule has 0 aromatic heterocycles. The summed E-state index contributed by atoms with van der Waals surface area (Å²) in [5.41, 5.74) is 3.93. The van der Waals surface area contributed by atoms with E-state index in [-0.39, 0.29) is 18.9 Å². The summed E-state index contributed by atoms with van der Waals surface area (Å²) in [6.45, 7) is 3.27. The van der Waals surface area contributed by atoms with Gasteiger partial charge in [-0.05, 0) is 42.3 Å². The van der Waals surface area contributed by atoms with Crippen molar-refractivity contribution in [3.8, 4) is 5.75 Å². The highest BCUT2D eigenvalue weighted by Crippen LogP contribution is 2.17. The molecule has 0 unspecified atom stereocenters. The fourth-order valence-electron chi connectivity index (χ4n) is 2.45. The third-order valence-corrected chi connectivity index (χ3v) is 3.70. The molecule has 2 N–H and O–H groups in total. The van der Waals surface area contributed by atoms with Crippen molar-refractivity contribution in [2.45, 2.75) is 26.3 Å². The number of alkyl carbamates (subject to hydrolysis) is 1. The number of nitrogens with one attached hydrogen (secondary N) is 2. The first-order valence-electron chi connectivity index (χ1n) is 9.06. The van der Waals surface area contributed by atoms with Crippen molar-refractivity contribution in [1.29, 1.82) is 0 Å². The molecule has 2 aromatic rings. The molecule has 0 fully saturated rings. The molecule has 0 aliphatic heterocycles. The molecule has 0 spiro atoms. The Labute approximate surface area is 168 Å². The van der Waals surface area contributed by atoms with Gasteiger partial charge in [-0.3, -0.25) is 9.59 Å². The zero-order valence-electron chi connectivity index (χ0n) is 16.3. The maximum absolute atomic E-state index is 12.3. The predicted molar refractivity (Wildman–Crippen MR) is 107 cm³/mol. The van der Waals surface area contributed by atoms with E-state index in [0.717, 1.165) is 5.56 Å². The van der Waals surface area contributed by atoms with Crippen LogP contribution in [0.3, 0.4) is 0 Å². The number of carbonyl (C=O) groups is 3. The second kappa shape index (κ2) is 11.2. The summed E-state index contributed by atoms with van der Waals surface area (Å²) < 4.78 is 9.85. The summed E-state index contributed by atoms with van der Waals surface area (Å²) in [5, 5.41) is 6.60. The number of hydrogen-bond acceptors (Lipinski definition) is 6. The molecule has 2 amide bonds. The highest BCUT2D eigenvalue weighted by Gasteiger charge is 2.18. The number of esters is 1. The summed E-state index contributed by atoms with van der Waals surface area (Å²) in [5.74, 6) is -0.346. The Kier molecular flexibility index (Phi) is 8.37. The number of rotatable bonds is 8. The minimum absolute atomic E-state index is 0.00838. The number of carbonyl (C=O) groups excluding carboxylic acids is 3. The van der Waals surface area contributed by atoms with E-state index in [4.69, 9.17) is 9.47 Å². The maximum atomic E-state index is 12.3. The summed E-state index contributed by atoms with van der Waals surface area (Å²) >= 11 is 0. The Morgan fingerprint density at radius 2 is 1.76 bits per heavy atom. The molecule has 0 radical (unpaired) electrons. The first-order chi connectivity index (χ1) is 14.0. The quantitative estimate of drug-likeness (QED) is 0.308. The molecule has 2 rings (SSSR count). The zero-order valence-corrected chi connectivity index (χ0v) is 16.3. The summed E-state index contributed by atoms with van der Waals surface area (Å²) in [4.78, 5) is 34.9. The molecule has 2 aromatic carbocycles. The van der Waals surface area contributed by atoms with E-state index in [9.17, 15) is 14.4 Å². The number of nitrogens with zero attached hydrogens (tertiary/aromatic N) is 1. The molecule has 0 aliphatic rings. The Balaban J connectivity index is 1.94. The lowest BCUT2D eigenvalue weighted by Crippen LogP contribution is -2.33. The van der Waals surface area contributed by atoms with Gasteiger partial charge in [0.2, 0.25) is 5.91 Å². The highest BCUT2D eigenvalue weighted by atomic mass is 16.5. The van der Waals surface area contributed by atoms with Crippen LogP contribution in [0.2, 0.25) is 0 Å². The van der Waals surface area contributed by atoms with Crippen molar-refractivity contribution < 1.29 is 23.9 Å². The van der Waals surface area contributed by atoms with Gasteiger partial charge in [-0.2, -0.15) is 5.10 Å². The third-order valence-electron chi connectivity index (χ3n) is 3.70. The lowest BCUT2D eigenvalue weighted by Gasteiger charge is -2.18. The number of hydrazone groups is 1. The van der Waals surface area contributed by atoms with E-state index in [0.29, 0.717) is 11.3 Å². The number of ether oxygens (including phenoxy) is 2. The fraction of sp³-hybridized carbons (Fsp3) is 0.238. The molecule has 0 saturated carbocycles.